The van der Waals surface area contributed by atoms with Crippen LogP contribution in [0.25, 0.3) is 0 Å². The van der Waals surface area contributed by atoms with Gasteiger partial charge < -0.3 is 9.47 Å². The molecule has 0 unspecified atom stereocenters. The fraction of sp³-hybridized carbons (Fsp3) is 0.600. The molecule has 0 spiro atoms. The minimum absolute atomic E-state index is 0.126. The van der Waals surface area contributed by atoms with Crippen LogP contribution in [-0.2, 0) is 4.74 Å². The van der Waals surface area contributed by atoms with E-state index >= 15 is 0 Å². The van der Waals surface area contributed by atoms with Crippen LogP contribution in [0.4, 0.5) is 0 Å². The van der Waals surface area contributed by atoms with Gasteiger partial charge >= 0.3 is 0 Å². The summed E-state index contributed by atoms with van der Waals surface area (Å²) in [5, 5.41) is 0. The van der Waals surface area contributed by atoms with Crippen LogP contribution in [0, 0.1) is 5.92 Å². The molecule has 17 heavy (non-hydrogen) atoms. The highest BCUT2D eigenvalue weighted by Crippen LogP contribution is 2.50. The van der Waals surface area contributed by atoms with E-state index in [1.807, 2.05) is 6.07 Å². The van der Waals surface area contributed by atoms with Gasteiger partial charge in [-0.1, -0.05) is 18.2 Å². The van der Waals surface area contributed by atoms with E-state index in [1.54, 1.807) is 0 Å². The smallest absolute Gasteiger partial charge is 0.125 e. The summed E-state index contributed by atoms with van der Waals surface area (Å²) in [7, 11) is 0. The van der Waals surface area contributed by atoms with Crippen molar-refractivity contribution < 1.29 is 9.47 Å². The molecule has 1 fully saturated rings. The largest absolute Gasteiger partial charge is 0.487 e. The first kappa shape index (κ1) is 11.1. The second-order valence-electron chi connectivity index (χ2n) is 5.79. The van der Waals surface area contributed by atoms with Gasteiger partial charge in [0, 0.05) is 11.5 Å². The van der Waals surface area contributed by atoms with Crippen molar-refractivity contribution in [1.29, 1.82) is 0 Å². The lowest BCUT2D eigenvalue weighted by Crippen LogP contribution is -2.48. The predicted octanol–water partition coefficient (Wildman–Crippen LogP) is 3.71. The average Bonchev–Trinajstić information content (AvgIpc) is 2.28. The summed E-state index contributed by atoms with van der Waals surface area (Å²) < 4.78 is 12.3. The fourth-order valence-corrected chi connectivity index (χ4v) is 3.15. The molecule has 1 aromatic carbocycles. The molecule has 2 nitrogen and oxygen atoms in total. The molecule has 2 heteroatoms. The van der Waals surface area contributed by atoms with Crippen molar-refractivity contribution in [3.8, 4) is 5.75 Å². The zero-order valence-electron chi connectivity index (χ0n) is 10.8. The van der Waals surface area contributed by atoms with E-state index in [1.165, 1.54) is 12.0 Å². The van der Waals surface area contributed by atoms with Gasteiger partial charge in [-0.3, -0.25) is 0 Å². The summed E-state index contributed by atoms with van der Waals surface area (Å²) in [5.74, 6) is 1.46. The number of rotatable bonds is 0. The molecule has 0 radical (unpaired) electrons. The van der Waals surface area contributed by atoms with E-state index in [-0.39, 0.29) is 11.7 Å². The van der Waals surface area contributed by atoms with Crippen molar-refractivity contribution >= 4 is 0 Å². The molecule has 2 aliphatic rings. The molecule has 2 aliphatic heterocycles. The molecule has 1 saturated heterocycles. The Balaban J connectivity index is 2.05. The van der Waals surface area contributed by atoms with Crippen molar-refractivity contribution in [1.82, 2.24) is 0 Å². The van der Waals surface area contributed by atoms with Gasteiger partial charge in [-0.15, -0.1) is 0 Å². The Hall–Kier alpha value is -1.02. The number of fused-ring (bicyclic) bond motifs is 3. The zero-order valence-corrected chi connectivity index (χ0v) is 10.8. The van der Waals surface area contributed by atoms with Crippen molar-refractivity contribution in [2.75, 3.05) is 0 Å². The number of para-hydroxylation sites is 1. The van der Waals surface area contributed by atoms with E-state index < -0.39 is 0 Å². The first-order chi connectivity index (χ1) is 8.08. The lowest BCUT2D eigenvalue weighted by molar-refractivity contribution is -0.144. The van der Waals surface area contributed by atoms with Crippen LogP contribution in [0.1, 0.15) is 45.3 Å². The maximum absolute atomic E-state index is 6.17. The van der Waals surface area contributed by atoms with E-state index in [4.69, 9.17) is 9.47 Å². The Morgan fingerprint density at radius 3 is 2.76 bits per heavy atom. The van der Waals surface area contributed by atoms with Crippen LogP contribution < -0.4 is 4.74 Å². The molecule has 3 rings (SSSR count). The maximum Gasteiger partial charge on any atom is 0.125 e. The summed E-state index contributed by atoms with van der Waals surface area (Å²) in [6.45, 7) is 6.53. The van der Waals surface area contributed by atoms with Gasteiger partial charge in [0.25, 0.3) is 0 Å². The summed E-state index contributed by atoms with van der Waals surface area (Å²) in [4.78, 5) is 0. The Labute approximate surface area is 103 Å². The molecule has 0 amide bonds. The van der Waals surface area contributed by atoms with Gasteiger partial charge in [0.15, 0.2) is 0 Å². The molecular formula is C15H20O2. The van der Waals surface area contributed by atoms with Crippen LogP contribution in [0.5, 0.6) is 5.75 Å². The van der Waals surface area contributed by atoms with Gasteiger partial charge in [0.05, 0.1) is 12.2 Å². The molecule has 0 aliphatic carbocycles. The molecule has 92 valence electrons. The summed E-state index contributed by atoms with van der Waals surface area (Å²) >= 11 is 0. The number of benzene rings is 1. The molecule has 1 aromatic rings. The predicted molar refractivity (Wildman–Crippen MR) is 67.2 cm³/mol. The average molecular weight is 232 g/mol. The lowest BCUT2D eigenvalue weighted by atomic mass is 9.75. The highest BCUT2D eigenvalue weighted by atomic mass is 16.5. The normalized spacial score (nSPS) is 34.4. The number of hydrogen-bond acceptors (Lipinski definition) is 2. The molecular weight excluding hydrogens is 212 g/mol. The number of ether oxygens (including phenoxy) is 2. The molecule has 0 N–H and O–H groups in total. The van der Waals surface area contributed by atoms with Crippen LogP contribution in [0.2, 0.25) is 0 Å². The van der Waals surface area contributed by atoms with Gasteiger partial charge in [0.1, 0.15) is 11.4 Å². The highest BCUT2D eigenvalue weighted by molar-refractivity contribution is 5.39. The third kappa shape index (κ3) is 1.75. The van der Waals surface area contributed by atoms with Crippen molar-refractivity contribution in [2.24, 2.45) is 5.92 Å². The van der Waals surface area contributed by atoms with Crippen LogP contribution in [-0.4, -0.2) is 11.7 Å². The van der Waals surface area contributed by atoms with Crippen molar-refractivity contribution in [2.45, 2.75) is 51.4 Å². The standard InChI is InChI=1S/C15H20O2/c1-10-8-9-12-14(16-10)11-6-4-5-7-13(11)17-15(12,2)3/h4-7,10,12,14H,8-9H2,1-3H3/t10-,12-,14-/m1/s1. The number of hydrogen-bond donors (Lipinski definition) is 0. The van der Waals surface area contributed by atoms with Crippen LogP contribution in [0.15, 0.2) is 24.3 Å². The first-order valence-electron chi connectivity index (χ1n) is 6.51. The maximum atomic E-state index is 6.17. The molecule has 0 saturated carbocycles. The summed E-state index contributed by atoms with van der Waals surface area (Å²) in [6.07, 6.45) is 2.89. The zero-order chi connectivity index (χ0) is 12.0. The van der Waals surface area contributed by atoms with E-state index in [9.17, 15) is 0 Å². The molecule has 3 atom stereocenters. The monoisotopic (exact) mass is 232 g/mol. The SMILES string of the molecule is C[C@@H]1CC[C@@H]2[C@H](O1)c1ccccc1OC2(C)C. The highest BCUT2D eigenvalue weighted by Gasteiger charge is 2.46. The van der Waals surface area contributed by atoms with E-state index in [0.717, 1.165) is 12.2 Å². The lowest BCUT2D eigenvalue weighted by Gasteiger charge is -2.48. The Kier molecular flexibility index (Phi) is 2.44. The minimum atomic E-state index is -0.126. The molecule has 2 heterocycles. The topological polar surface area (TPSA) is 18.5 Å². The van der Waals surface area contributed by atoms with Crippen LogP contribution >= 0.6 is 0 Å². The molecule has 0 aromatic heterocycles. The Morgan fingerprint density at radius 2 is 1.94 bits per heavy atom. The summed E-state index contributed by atoms with van der Waals surface area (Å²) in [5.41, 5.74) is 1.10. The second kappa shape index (κ2) is 3.74. The third-order valence-electron chi connectivity index (χ3n) is 4.12. The van der Waals surface area contributed by atoms with Gasteiger partial charge in [-0.05, 0) is 39.7 Å². The van der Waals surface area contributed by atoms with Gasteiger partial charge in [-0.25, -0.2) is 0 Å². The second-order valence-corrected chi connectivity index (χ2v) is 5.79. The fourth-order valence-electron chi connectivity index (χ4n) is 3.15. The van der Waals surface area contributed by atoms with Crippen LogP contribution in [0.3, 0.4) is 0 Å². The van der Waals surface area contributed by atoms with Gasteiger partial charge in [0.2, 0.25) is 0 Å². The van der Waals surface area contributed by atoms with E-state index in [2.05, 4.69) is 39.0 Å². The summed E-state index contributed by atoms with van der Waals surface area (Å²) in [6, 6.07) is 8.29. The van der Waals surface area contributed by atoms with Crippen molar-refractivity contribution in [3.05, 3.63) is 29.8 Å². The van der Waals surface area contributed by atoms with E-state index in [0.29, 0.717) is 12.0 Å². The molecule has 0 bridgehead atoms. The third-order valence-corrected chi connectivity index (χ3v) is 4.12. The Bertz CT molecular complexity index is 425. The quantitative estimate of drug-likeness (QED) is 0.679. The Morgan fingerprint density at radius 1 is 1.18 bits per heavy atom. The van der Waals surface area contributed by atoms with Crippen molar-refractivity contribution in [3.63, 3.8) is 0 Å². The first-order valence-corrected chi connectivity index (χ1v) is 6.51. The van der Waals surface area contributed by atoms with Gasteiger partial charge in [-0.2, -0.15) is 0 Å². The minimum Gasteiger partial charge on any atom is -0.487 e.